The summed E-state index contributed by atoms with van der Waals surface area (Å²) in [6, 6.07) is 63.9. The quantitative estimate of drug-likeness (QED) is 0.0891. The number of rotatable bonds is 13. The number of fused-ring (bicyclic) bond motifs is 2. The zero-order chi connectivity index (χ0) is 60.9. The second kappa shape index (κ2) is 27.8. The van der Waals surface area contributed by atoms with Gasteiger partial charge in [-0.1, -0.05) is 203 Å². The molecule has 0 unspecified atom stereocenters. The van der Waals surface area contributed by atoms with Gasteiger partial charge in [0.2, 0.25) is 0 Å². The Morgan fingerprint density at radius 3 is 0.905 bits per heavy atom. The average molecular weight is 1280 g/mol. The predicted octanol–water partition coefficient (Wildman–Crippen LogP) is 17.1. The van der Waals surface area contributed by atoms with Crippen LogP contribution < -0.4 is 52.8 Å². The van der Waals surface area contributed by atoms with Crippen LogP contribution in [0.4, 0.5) is 0 Å². The fraction of sp³-hybridized carbons (Fsp3) is 0.253. The van der Waals surface area contributed by atoms with Crippen molar-refractivity contribution in [3.05, 3.63) is 248 Å². The minimum absolute atomic E-state index is 0.226. The molecule has 0 bridgehead atoms. The van der Waals surface area contributed by atoms with Gasteiger partial charge >= 0.3 is 34.5 Å². The van der Waals surface area contributed by atoms with Crippen molar-refractivity contribution in [3.63, 3.8) is 0 Å². The number of hydrogen-bond donors (Lipinski definition) is 2. The van der Waals surface area contributed by atoms with Gasteiger partial charge in [-0.05, 0) is 228 Å². The van der Waals surface area contributed by atoms with Crippen LogP contribution in [0, 0.1) is 89.0 Å². The van der Waals surface area contributed by atoms with Crippen molar-refractivity contribution in [1.29, 1.82) is 0 Å². The number of ether oxygens (including phenoxy) is 2. The van der Waals surface area contributed by atoms with E-state index < -0.39 is 21.4 Å². The Morgan fingerprint density at radius 2 is 0.655 bits per heavy atom. The van der Waals surface area contributed by atoms with Crippen LogP contribution >= 0.6 is 35.2 Å². The number of nitrogens with two attached hydrogens (primary N) is 2. The summed E-state index contributed by atoms with van der Waals surface area (Å²) in [6.07, 6.45) is 0. The summed E-state index contributed by atoms with van der Waals surface area (Å²) < 4.78 is 10.5. The standard InChI is InChI=1S/C56H56P2.C19H26N2O2.2ClH.Ru/c1-33-13-15-49-51(29-33)43(11)31-53(57(45-21-35(3)17-36(4)22-45)46-23-37(5)18-38(6)24-46)55(49)56-50-16-14-34(2)30-52(50)44(12)32-54(56)58(47-25-39(7)19-40(8)26-47)48-27-41(9)20-42(10)28-48;1-13(2)18(20)19(21,14-5-9-16(22-3)10-6-14)15-7-11-17(23-4)12-8-15;;;/h13-32H,1-12H3;5-13,18H,20-21H2,1-4H3;2*1H;/q;;;;+2/p-2/t;18-;;;/m.1.../s1. The zero-order valence-corrected chi connectivity index (χ0v) is 56.8. The average Bonchev–Trinajstić information content (AvgIpc) is 0.833. The van der Waals surface area contributed by atoms with E-state index in [0.717, 1.165) is 22.6 Å². The molecule has 84 heavy (non-hydrogen) atoms. The molecule has 0 aromatic heterocycles. The molecule has 4 nitrogen and oxygen atoms in total. The summed E-state index contributed by atoms with van der Waals surface area (Å²) in [4.78, 5) is 0. The van der Waals surface area contributed by atoms with Crippen LogP contribution in [0.15, 0.2) is 170 Å². The normalized spacial score (nSPS) is 11.9. The Hall–Kier alpha value is -5.70. The summed E-state index contributed by atoms with van der Waals surface area (Å²) in [7, 11) is 11.1. The number of halogens is 2. The maximum atomic E-state index is 6.86. The first-order valence-corrected chi connectivity index (χ1v) is 35.8. The third-order valence-electron chi connectivity index (χ3n) is 15.9. The van der Waals surface area contributed by atoms with Crippen molar-refractivity contribution in [2.75, 3.05) is 14.2 Å². The van der Waals surface area contributed by atoms with Crippen molar-refractivity contribution >= 4 is 88.6 Å². The fourth-order valence-corrected chi connectivity index (χ4v) is 18.2. The number of aryl methyl sites for hydroxylation is 12. The van der Waals surface area contributed by atoms with Crippen LogP contribution in [-0.2, 0) is 20.7 Å². The van der Waals surface area contributed by atoms with Gasteiger partial charge in [-0.15, -0.1) is 0 Å². The van der Waals surface area contributed by atoms with Crippen LogP contribution in [0.5, 0.6) is 11.5 Å². The molecule has 0 spiro atoms. The third-order valence-corrected chi connectivity index (χ3v) is 20.7. The first kappa shape index (κ1) is 64.3. The molecule has 0 saturated carbocycles. The molecule has 10 aromatic carbocycles. The molecule has 10 aromatic rings. The van der Waals surface area contributed by atoms with Crippen LogP contribution in [0.2, 0.25) is 0 Å². The molecule has 0 aliphatic carbocycles. The van der Waals surface area contributed by atoms with Crippen LogP contribution in [0.1, 0.15) is 91.7 Å². The molecule has 0 aliphatic rings. The summed E-state index contributed by atoms with van der Waals surface area (Å²) in [5.41, 5.74) is 33.0. The van der Waals surface area contributed by atoms with Crippen molar-refractivity contribution < 1.29 is 24.6 Å². The molecule has 0 aliphatic heterocycles. The van der Waals surface area contributed by atoms with E-state index in [1.54, 1.807) is 14.2 Å². The Balaban J connectivity index is 0.000000295. The first-order valence-electron chi connectivity index (χ1n) is 28.7. The van der Waals surface area contributed by atoms with Gasteiger partial charge in [-0.2, -0.15) is 0 Å². The van der Waals surface area contributed by atoms with E-state index in [9.17, 15) is 0 Å². The number of benzene rings is 10. The first-order chi connectivity index (χ1) is 40.0. The second-order valence-corrected chi connectivity index (χ2v) is 30.5. The molecule has 4 N–H and O–H groups in total. The van der Waals surface area contributed by atoms with Gasteiger partial charge in [0, 0.05) is 6.04 Å². The van der Waals surface area contributed by atoms with Gasteiger partial charge in [0.05, 0.1) is 19.8 Å². The maximum absolute atomic E-state index is 6.86. The monoisotopic (exact) mass is 1280 g/mol. The summed E-state index contributed by atoms with van der Waals surface area (Å²) >= 11 is -0.346. The Kier molecular flexibility index (Phi) is 21.3. The van der Waals surface area contributed by atoms with E-state index in [0.29, 0.717) is 0 Å². The fourth-order valence-electron chi connectivity index (χ4n) is 12.3. The minimum atomic E-state index is -0.975. The molecular weight excluding hydrogens is 1190 g/mol. The van der Waals surface area contributed by atoms with Gasteiger partial charge < -0.3 is 20.9 Å². The summed E-state index contributed by atoms with van der Waals surface area (Å²) in [6.45, 7) is 31.4. The Labute approximate surface area is 519 Å². The Morgan fingerprint density at radius 1 is 0.381 bits per heavy atom. The molecule has 0 radical (unpaired) electrons. The molecule has 0 heterocycles. The summed E-state index contributed by atoms with van der Waals surface area (Å²) in [5, 5.41) is 13.8. The van der Waals surface area contributed by atoms with E-state index in [4.69, 9.17) is 40.3 Å². The molecule has 10 rings (SSSR count). The van der Waals surface area contributed by atoms with E-state index >= 15 is 0 Å². The molecule has 0 amide bonds. The molecule has 9 heteroatoms. The van der Waals surface area contributed by atoms with Crippen LogP contribution in [0.3, 0.4) is 0 Å². The van der Waals surface area contributed by atoms with Gasteiger partial charge in [-0.3, -0.25) is 0 Å². The van der Waals surface area contributed by atoms with Crippen LogP contribution in [-0.4, -0.2) is 20.3 Å². The van der Waals surface area contributed by atoms with Crippen LogP contribution in [0.25, 0.3) is 32.7 Å². The van der Waals surface area contributed by atoms with E-state index in [-0.39, 0.29) is 27.1 Å². The van der Waals surface area contributed by atoms with E-state index in [1.807, 2.05) is 48.5 Å². The number of methoxy groups -OCH3 is 2. The van der Waals surface area contributed by atoms with Gasteiger partial charge in [0.1, 0.15) is 11.5 Å². The predicted molar refractivity (Wildman–Crippen MR) is 367 cm³/mol. The molecule has 1 atom stereocenters. The Bertz CT molecular complexity index is 3560. The SMILES string of the molecule is COc1ccc(C(N)(c2ccc(OC)cc2)[C@H](N)C(C)C)cc1.Cc1cc(C)cc(P(c2cc(C)cc(C)c2)c2cc(C)c3cc(C)ccc3c2-c2c(P(c3cc(C)cc(C)c3)c3cc(C)cc(C)c3)cc(C)c3cc(C)ccc23)c1.[Cl][Ru][Cl]. The van der Waals surface area contributed by atoms with Crippen molar-refractivity contribution in [2.45, 2.75) is 109 Å². The molecule has 0 saturated heterocycles. The number of hydrogen-bond acceptors (Lipinski definition) is 4. The van der Waals surface area contributed by atoms with Crippen molar-refractivity contribution in [3.8, 4) is 22.6 Å². The third kappa shape index (κ3) is 14.2. The molecule has 0 fully saturated rings. The van der Waals surface area contributed by atoms with E-state index in [2.05, 4.69) is 218 Å². The topological polar surface area (TPSA) is 70.5 Å². The van der Waals surface area contributed by atoms with Gasteiger partial charge in [-0.25, -0.2) is 0 Å². The van der Waals surface area contributed by atoms with Crippen molar-refractivity contribution in [1.82, 2.24) is 0 Å². The van der Waals surface area contributed by atoms with E-state index in [1.165, 1.54) is 131 Å². The van der Waals surface area contributed by atoms with Crippen molar-refractivity contribution in [2.24, 2.45) is 17.4 Å². The molecule has 436 valence electrons. The zero-order valence-electron chi connectivity index (χ0n) is 51.8. The molecular formula is C75H82Cl2N2O2P2Ru. The van der Waals surface area contributed by atoms with Gasteiger partial charge in [0.25, 0.3) is 0 Å². The van der Waals surface area contributed by atoms with Gasteiger partial charge in [0.15, 0.2) is 0 Å². The second-order valence-electron chi connectivity index (χ2n) is 23.5. The summed E-state index contributed by atoms with van der Waals surface area (Å²) in [5.74, 6) is 1.82.